The maximum absolute atomic E-state index is 11.9. The molecule has 1 atom stereocenters. The molecular formula is C13H17NO3. The fraction of sp³-hybridized carbons (Fsp3) is 0.462. The Kier molecular flexibility index (Phi) is 4.12. The number of carbonyl (C=O) groups excluding carboxylic acids is 1. The van der Waals surface area contributed by atoms with Crippen LogP contribution in [0.2, 0.25) is 0 Å². The van der Waals surface area contributed by atoms with Crippen molar-refractivity contribution in [3.05, 3.63) is 35.4 Å². The van der Waals surface area contributed by atoms with Crippen molar-refractivity contribution in [3.63, 3.8) is 0 Å². The van der Waals surface area contributed by atoms with Gasteiger partial charge in [0.15, 0.2) is 0 Å². The molecule has 1 N–H and O–H groups in total. The van der Waals surface area contributed by atoms with E-state index >= 15 is 0 Å². The molecule has 0 amide bonds. The predicted octanol–water partition coefficient (Wildman–Crippen LogP) is 1.06. The third-order valence-electron chi connectivity index (χ3n) is 2.88. The second-order valence-electron chi connectivity index (χ2n) is 4.00. The first kappa shape index (κ1) is 12.1. The standard InChI is InChI=1S/C13H17NO3/c1-16-8-9-17-13(15)12-11-5-3-2-4-10(11)6-7-14-12/h2-5,12,14H,6-9H2,1H3. The van der Waals surface area contributed by atoms with Crippen LogP contribution < -0.4 is 5.32 Å². The zero-order valence-electron chi connectivity index (χ0n) is 9.94. The average Bonchev–Trinajstić information content (AvgIpc) is 2.38. The number of fused-ring (bicyclic) bond motifs is 1. The second kappa shape index (κ2) is 5.80. The second-order valence-corrected chi connectivity index (χ2v) is 4.00. The Bertz CT molecular complexity index is 392. The highest BCUT2D eigenvalue weighted by molar-refractivity contribution is 5.78. The van der Waals surface area contributed by atoms with Gasteiger partial charge >= 0.3 is 5.97 Å². The summed E-state index contributed by atoms with van der Waals surface area (Å²) in [6.07, 6.45) is 0.956. The van der Waals surface area contributed by atoms with Gasteiger partial charge in [-0.1, -0.05) is 24.3 Å². The molecule has 2 rings (SSSR count). The molecule has 17 heavy (non-hydrogen) atoms. The van der Waals surface area contributed by atoms with Crippen LogP contribution in [0.4, 0.5) is 0 Å². The van der Waals surface area contributed by atoms with Crippen LogP contribution in [0.15, 0.2) is 24.3 Å². The number of benzene rings is 1. The number of carbonyl (C=O) groups is 1. The summed E-state index contributed by atoms with van der Waals surface area (Å²) in [5.74, 6) is -0.228. The third kappa shape index (κ3) is 2.84. The average molecular weight is 235 g/mol. The first-order chi connectivity index (χ1) is 8.33. The number of methoxy groups -OCH3 is 1. The minimum atomic E-state index is -0.336. The van der Waals surface area contributed by atoms with Crippen molar-refractivity contribution in [2.45, 2.75) is 12.5 Å². The lowest BCUT2D eigenvalue weighted by Crippen LogP contribution is -2.36. The summed E-state index contributed by atoms with van der Waals surface area (Å²) in [5.41, 5.74) is 2.25. The minimum absolute atomic E-state index is 0.228. The largest absolute Gasteiger partial charge is 0.462 e. The molecule has 1 aliphatic rings. The molecule has 1 heterocycles. The Hall–Kier alpha value is -1.39. The van der Waals surface area contributed by atoms with Gasteiger partial charge in [0, 0.05) is 13.7 Å². The first-order valence-electron chi connectivity index (χ1n) is 5.79. The summed E-state index contributed by atoms with van der Waals surface area (Å²) in [6.45, 7) is 1.54. The van der Waals surface area contributed by atoms with Crippen LogP contribution in [-0.2, 0) is 20.7 Å². The zero-order valence-corrected chi connectivity index (χ0v) is 9.94. The van der Waals surface area contributed by atoms with Crippen LogP contribution in [-0.4, -0.2) is 32.8 Å². The summed E-state index contributed by atoms with van der Waals surface area (Å²) in [4.78, 5) is 11.9. The van der Waals surface area contributed by atoms with Crippen LogP contribution in [0.5, 0.6) is 0 Å². The summed E-state index contributed by atoms with van der Waals surface area (Å²) in [7, 11) is 1.59. The normalized spacial score (nSPS) is 18.5. The van der Waals surface area contributed by atoms with Gasteiger partial charge in [-0.15, -0.1) is 0 Å². The van der Waals surface area contributed by atoms with Crippen molar-refractivity contribution in [3.8, 4) is 0 Å². The first-order valence-corrected chi connectivity index (χ1v) is 5.79. The Morgan fingerprint density at radius 3 is 3.06 bits per heavy atom. The molecule has 0 bridgehead atoms. The van der Waals surface area contributed by atoms with Crippen molar-refractivity contribution >= 4 is 5.97 Å². The molecule has 92 valence electrons. The highest BCUT2D eigenvalue weighted by atomic mass is 16.6. The van der Waals surface area contributed by atoms with Crippen LogP contribution in [0.3, 0.4) is 0 Å². The number of hydrogen-bond donors (Lipinski definition) is 1. The van der Waals surface area contributed by atoms with E-state index in [4.69, 9.17) is 9.47 Å². The molecular weight excluding hydrogens is 218 g/mol. The monoisotopic (exact) mass is 235 g/mol. The van der Waals surface area contributed by atoms with Gasteiger partial charge in [0.2, 0.25) is 0 Å². The van der Waals surface area contributed by atoms with Gasteiger partial charge in [-0.05, 0) is 17.5 Å². The van der Waals surface area contributed by atoms with Crippen molar-refractivity contribution < 1.29 is 14.3 Å². The Labute approximate surface area is 101 Å². The highest BCUT2D eigenvalue weighted by Crippen LogP contribution is 2.23. The Morgan fingerprint density at radius 1 is 1.41 bits per heavy atom. The van der Waals surface area contributed by atoms with Gasteiger partial charge in [-0.3, -0.25) is 0 Å². The van der Waals surface area contributed by atoms with E-state index in [0.29, 0.717) is 13.2 Å². The van der Waals surface area contributed by atoms with Gasteiger partial charge in [-0.25, -0.2) is 4.79 Å². The number of hydrogen-bond acceptors (Lipinski definition) is 4. The van der Waals surface area contributed by atoms with Gasteiger partial charge in [0.1, 0.15) is 12.6 Å². The van der Waals surface area contributed by atoms with Crippen molar-refractivity contribution in [2.75, 3.05) is 26.9 Å². The third-order valence-corrected chi connectivity index (χ3v) is 2.88. The maximum atomic E-state index is 11.9. The van der Waals surface area contributed by atoms with Gasteiger partial charge in [-0.2, -0.15) is 0 Å². The molecule has 0 fully saturated rings. The lowest BCUT2D eigenvalue weighted by molar-refractivity contribution is -0.147. The molecule has 0 radical (unpaired) electrons. The molecule has 4 heteroatoms. The van der Waals surface area contributed by atoms with E-state index in [0.717, 1.165) is 18.5 Å². The Morgan fingerprint density at radius 2 is 2.24 bits per heavy atom. The lowest BCUT2D eigenvalue weighted by Gasteiger charge is -2.25. The molecule has 0 saturated carbocycles. The highest BCUT2D eigenvalue weighted by Gasteiger charge is 2.26. The van der Waals surface area contributed by atoms with E-state index in [9.17, 15) is 4.79 Å². The number of nitrogens with one attached hydrogen (secondary N) is 1. The van der Waals surface area contributed by atoms with Crippen LogP contribution >= 0.6 is 0 Å². The molecule has 0 saturated heterocycles. The minimum Gasteiger partial charge on any atom is -0.462 e. The summed E-state index contributed by atoms with van der Waals surface area (Å²) >= 11 is 0. The molecule has 1 aliphatic heterocycles. The summed E-state index contributed by atoms with van der Waals surface area (Å²) in [5, 5.41) is 3.19. The van der Waals surface area contributed by atoms with E-state index in [1.807, 2.05) is 18.2 Å². The van der Waals surface area contributed by atoms with E-state index < -0.39 is 0 Å². The zero-order chi connectivity index (χ0) is 12.1. The molecule has 1 aromatic carbocycles. The van der Waals surface area contributed by atoms with Crippen LogP contribution in [0.1, 0.15) is 17.2 Å². The van der Waals surface area contributed by atoms with E-state index in [1.54, 1.807) is 7.11 Å². The van der Waals surface area contributed by atoms with Gasteiger partial charge < -0.3 is 14.8 Å². The molecule has 1 aromatic rings. The van der Waals surface area contributed by atoms with Crippen LogP contribution in [0.25, 0.3) is 0 Å². The van der Waals surface area contributed by atoms with Crippen LogP contribution in [0, 0.1) is 0 Å². The van der Waals surface area contributed by atoms with E-state index in [1.165, 1.54) is 5.56 Å². The van der Waals surface area contributed by atoms with E-state index in [-0.39, 0.29) is 12.0 Å². The molecule has 0 aliphatic carbocycles. The van der Waals surface area contributed by atoms with Crippen molar-refractivity contribution in [1.82, 2.24) is 5.32 Å². The number of rotatable bonds is 4. The van der Waals surface area contributed by atoms with Gasteiger partial charge in [0.05, 0.1) is 6.61 Å². The Balaban J connectivity index is 2.05. The summed E-state index contributed by atoms with van der Waals surface area (Å²) < 4.78 is 10.0. The molecule has 1 unspecified atom stereocenters. The molecule has 0 aromatic heterocycles. The quantitative estimate of drug-likeness (QED) is 0.626. The fourth-order valence-corrected chi connectivity index (χ4v) is 2.02. The lowest BCUT2D eigenvalue weighted by atomic mass is 9.94. The fourth-order valence-electron chi connectivity index (χ4n) is 2.02. The summed E-state index contributed by atoms with van der Waals surface area (Å²) in [6, 6.07) is 7.64. The van der Waals surface area contributed by atoms with E-state index in [2.05, 4.69) is 11.4 Å². The smallest absolute Gasteiger partial charge is 0.327 e. The maximum Gasteiger partial charge on any atom is 0.327 e. The van der Waals surface area contributed by atoms with Gasteiger partial charge in [0.25, 0.3) is 0 Å². The van der Waals surface area contributed by atoms with Crippen molar-refractivity contribution in [1.29, 1.82) is 0 Å². The van der Waals surface area contributed by atoms with Crippen molar-refractivity contribution in [2.24, 2.45) is 0 Å². The molecule has 4 nitrogen and oxygen atoms in total. The SMILES string of the molecule is COCCOC(=O)C1NCCc2ccccc21. The topological polar surface area (TPSA) is 47.6 Å². The number of ether oxygens (including phenoxy) is 2. The predicted molar refractivity (Wildman–Crippen MR) is 63.7 cm³/mol. The molecule has 0 spiro atoms. The number of esters is 1.